The van der Waals surface area contributed by atoms with Crippen molar-refractivity contribution in [3.63, 3.8) is 0 Å². The lowest BCUT2D eigenvalue weighted by molar-refractivity contribution is 0.0600. The molecule has 34 heavy (non-hydrogen) atoms. The van der Waals surface area contributed by atoms with E-state index in [4.69, 9.17) is 4.74 Å². The van der Waals surface area contributed by atoms with Gasteiger partial charge >= 0.3 is 17.7 Å². The van der Waals surface area contributed by atoms with E-state index in [1.165, 1.54) is 13.5 Å². The number of amides is 2. The highest BCUT2D eigenvalue weighted by Gasteiger charge is 2.21. The highest BCUT2D eigenvalue weighted by molar-refractivity contribution is 6.04. The van der Waals surface area contributed by atoms with Gasteiger partial charge in [-0.25, -0.2) is 14.4 Å². The Morgan fingerprint density at radius 3 is 2.26 bits per heavy atom. The van der Waals surface area contributed by atoms with Crippen LogP contribution in [0.5, 0.6) is 0 Å². The van der Waals surface area contributed by atoms with E-state index in [2.05, 4.69) is 15.5 Å². The summed E-state index contributed by atoms with van der Waals surface area (Å²) in [7, 11) is 1.31. The largest absolute Gasteiger partial charge is 0.465 e. The van der Waals surface area contributed by atoms with Crippen LogP contribution in [0.3, 0.4) is 0 Å². The standard InChI is InChI=1S/C25H31N5O4/c1-4-29-21-15-19(27-24(32)26-18-11-9-10-17(14-18)23(31)34-3)20(28-12-7-6-8-13-28)16-22(21)30(5-2)25(29)33/h9-11,14-16H,4-8,12-13H2,1-3H3,(H2,26,27,32). The number of aryl methyl sites for hydroxylation is 2. The number of ether oxygens (including phenoxy) is 1. The van der Waals surface area contributed by atoms with Gasteiger partial charge in [0.25, 0.3) is 0 Å². The minimum atomic E-state index is -0.472. The molecule has 0 aliphatic carbocycles. The quantitative estimate of drug-likeness (QED) is 0.530. The average molecular weight is 466 g/mol. The molecule has 4 rings (SSSR count). The van der Waals surface area contributed by atoms with Crippen molar-refractivity contribution in [1.82, 2.24) is 9.13 Å². The predicted molar refractivity (Wildman–Crippen MR) is 134 cm³/mol. The number of imidazole rings is 1. The first-order chi connectivity index (χ1) is 16.5. The van der Waals surface area contributed by atoms with E-state index >= 15 is 0 Å². The summed E-state index contributed by atoms with van der Waals surface area (Å²) in [5, 5.41) is 5.77. The van der Waals surface area contributed by atoms with Crippen LogP contribution in [0, 0.1) is 0 Å². The zero-order valence-electron chi connectivity index (χ0n) is 19.9. The second-order valence-corrected chi connectivity index (χ2v) is 8.33. The first kappa shape index (κ1) is 23.4. The van der Waals surface area contributed by atoms with Gasteiger partial charge in [0.05, 0.1) is 35.1 Å². The molecule has 1 aliphatic heterocycles. The Bertz CT molecular complexity index is 1270. The number of anilines is 3. The van der Waals surface area contributed by atoms with Crippen molar-refractivity contribution in [3.05, 3.63) is 52.4 Å². The number of hydrogen-bond acceptors (Lipinski definition) is 5. The second-order valence-electron chi connectivity index (χ2n) is 8.33. The number of nitrogens with one attached hydrogen (secondary N) is 2. The fraction of sp³-hybridized carbons (Fsp3) is 0.400. The molecule has 2 heterocycles. The zero-order chi connectivity index (χ0) is 24.2. The molecule has 1 saturated heterocycles. The van der Waals surface area contributed by atoms with Gasteiger partial charge in [-0.2, -0.15) is 0 Å². The fourth-order valence-corrected chi connectivity index (χ4v) is 4.58. The molecule has 9 nitrogen and oxygen atoms in total. The maximum absolute atomic E-state index is 13.0. The second kappa shape index (κ2) is 10.0. The third-order valence-corrected chi connectivity index (χ3v) is 6.26. The van der Waals surface area contributed by atoms with Crippen LogP contribution in [0.1, 0.15) is 43.5 Å². The fourth-order valence-electron chi connectivity index (χ4n) is 4.58. The van der Waals surface area contributed by atoms with E-state index < -0.39 is 12.0 Å². The Morgan fingerprint density at radius 2 is 1.62 bits per heavy atom. The molecule has 0 bridgehead atoms. The number of aromatic nitrogens is 2. The minimum Gasteiger partial charge on any atom is -0.465 e. The van der Waals surface area contributed by atoms with Crippen LogP contribution < -0.4 is 21.2 Å². The third-order valence-electron chi connectivity index (χ3n) is 6.26. The van der Waals surface area contributed by atoms with Crippen LogP contribution >= 0.6 is 0 Å². The number of piperidine rings is 1. The molecule has 0 spiro atoms. The molecular weight excluding hydrogens is 434 g/mol. The van der Waals surface area contributed by atoms with Crippen LogP contribution in [0.15, 0.2) is 41.2 Å². The maximum atomic E-state index is 13.0. The summed E-state index contributed by atoms with van der Waals surface area (Å²) in [4.78, 5) is 39.9. The first-order valence-corrected chi connectivity index (χ1v) is 11.7. The van der Waals surface area contributed by atoms with Crippen molar-refractivity contribution in [2.24, 2.45) is 0 Å². The zero-order valence-corrected chi connectivity index (χ0v) is 19.9. The number of urea groups is 1. The van der Waals surface area contributed by atoms with E-state index in [1.807, 2.05) is 26.0 Å². The molecule has 2 N–H and O–H groups in total. The van der Waals surface area contributed by atoms with Crippen molar-refractivity contribution >= 4 is 40.1 Å². The van der Waals surface area contributed by atoms with Gasteiger partial charge < -0.3 is 20.3 Å². The molecule has 1 fully saturated rings. The molecule has 1 aromatic heterocycles. The summed E-state index contributed by atoms with van der Waals surface area (Å²) in [5.41, 5.74) is 3.98. The molecule has 0 radical (unpaired) electrons. The number of methoxy groups -OCH3 is 1. The van der Waals surface area contributed by atoms with Crippen LogP contribution in [-0.4, -0.2) is 41.3 Å². The molecule has 0 saturated carbocycles. The molecular formula is C25H31N5O4. The number of carbonyl (C=O) groups excluding carboxylic acids is 2. The van der Waals surface area contributed by atoms with E-state index in [-0.39, 0.29) is 5.69 Å². The number of carbonyl (C=O) groups is 2. The summed E-state index contributed by atoms with van der Waals surface area (Å²) >= 11 is 0. The van der Waals surface area contributed by atoms with Crippen molar-refractivity contribution in [2.75, 3.05) is 35.7 Å². The van der Waals surface area contributed by atoms with Crippen LogP contribution in [-0.2, 0) is 17.8 Å². The van der Waals surface area contributed by atoms with Gasteiger partial charge in [-0.1, -0.05) is 6.07 Å². The Hall–Kier alpha value is -3.75. The summed E-state index contributed by atoms with van der Waals surface area (Å²) in [6.07, 6.45) is 3.35. The van der Waals surface area contributed by atoms with Crippen molar-refractivity contribution < 1.29 is 14.3 Å². The van der Waals surface area contributed by atoms with Crippen LogP contribution in [0.25, 0.3) is 11.0 Å². The molecule has 2 amide bonds. The Morgan fingerprint density at radius 1 is 0.941 bits per heavy atom. The third kappa shape index (κ3) is 4.50. The number of benzene rings is 2. The Kier molecular flexibility index (Phi) is 6.90. The summed E-state index contributed by atoms with van der Waals surface area (Å²) in [6, 6.07) is 10.1. The lowest BCUT2D eigenvalue weighted by Crippen LogP contribution is -2.31. The predicted octanol–water partition coefficient (Wildman–Crippen LogP) is 4.26. The normalized spacial score (nSPS) is 13.7. The Labute approximate surface area is 198 Å². The Balaban J connectivity index is 1.70. The number of hydrogen-bond donors (Lipinski definition) is 2. The lowest BCUT2D eigenvalue weighted by Gasteiger charge is -2.30. The van der Waals surface area contributed by atoms with E-state index in [9.17, 15) is 14.4 Å². The van der Waals surface area contributed by atoms with E-state index in [0.29, 0.717) is 30.0 Å². The number of fused-ring (bicyclic) bond motifs is 1. The highest BCUT2D eigenvalue weighted by atomic mass is 16.5. The van der Waals surface area contributed by atoms with Crippen molar-refractivity contribution in [3.8, 4) is 0 Å². The molecule has 2 aromatic carbocycles. The summed E-state index contributed by atoms with van der Waals surface area (Å²) in [5.74, 6) is -0.472. The van der Waals surface area contributed by atoms with Gasteiger partial charge in [0.15, 0.2) is 0 Å². The van der Waals surface area contributed by atoms with Gasteiger partial charge in [-0.05, 0) is 63.4 Å². The van der Waals surface area contributed by atoms with Gasteiger partial charge in [0.2, 0.25) is 0 Å². The highest BCUT2D eigenvalue weighted by Crippen LogP contribution is 2.33. The minimum absolute atomic E-state index is 0.0502. The molecule has 3 aromatic rings. The topological polar surface area (TPSA) is 97.6 Å². The first-order valence-electron chi connectivity index (χ1n) is 11.7. The van der Waals surface area contributed by atoms with Crippen molar-refractivity contribution in [2.45, 2.75) is 46.2 Å². The van der Waals surface area contributed by atoms with Crippen LogP contribution in [0.2, 0.25) is 0 Å². The molecule has 9 heteroatoms. The van der Waals surface area contributed by atoms with E-state index in [1.54, 1.807) is 33.4 Å². The van der Waals surface area contributed by atoms with Gasteiger partial charge in [0, 0.05) is 31.9 Å². The summed E-state index contributed by atoms with van der Waals surface area (Å²) < 4.78 is 8.25. The monoisotopic (exact) mass is 465 g/mol. The average Bonchev–Trinajstić information content (AvgIpc) is 3.12. The van der Waals surface area contributed by atoms with E-state index in [0.717, 1.165) is 42.7 Å². The maximum Gasteiger partial charge on any atom is 0.337 e. The summed E-state index contributed by atoms with van der Waals surface area (Å²) in [6.45, 7) is 6.81. The van der Waals surface area contributed by atoms with Gasteiger partial charge in [-0.15, -0.1) is 0 Å². The van der Waals surface area contributed by atoms with Crippen LogP contribution in [0.4, 0.5) is 21.9 Å². The molecule has 0 atom stereocenters. The number of esters is 1. The number of nitrogens with zero attached hydrogens (tertiary/aromatic N) is 3. The SMILES string of the molecule is CCn1c(=O)n(CC)c2cc(N3CCCCC3)c(NC(=O)Nc3cccc(C(=O)OC)c3)cc21. The smallest absolute Gasteiger partial charge is 0.337 e. The molecule has 1 aliphatic rings. The van der Waals surface area contributed by atoms with Crippen molar-refractivity contribution in [1.29, 1.82) is 0 Å². The number of rotatable bonds is 6. The molecule has 180 valence electrons. The van der Waals surface area contributed by atoms with Gasteiger partial charge in [0.1, 0.15) is 0 Å². The molecule has 0 unspecified atom stereocenters. The lowest BCUT2D eigenvalue weighted by atomic mass is 10.1. The van der Waals surface area contributed by atoms with Gasteiger partial charge in [-0.3, -0.25) is 9.13 Å².